The van der Waals surface area contributed by atoms with E-state index < -0.39 is 0 Å². The predicted molar refractivity (Wildman–Crippen MR) is 136 cm³/mol. The highest BCUT2D eigenvalue weighted by atomic mass is 32.1. The van der Waals surface area contributed by atoms with Crippen molar-refractivity contribution in [3.63, 3.8) is 0 Å². The number of nitrogens with zero attached hydrogens (tertiary/aromatic N) is 1. The van der Waals surface area contributed by atoms with Crippen LogP contribution in [0.3, 0.4) is 0 Å². The van der Waals surface area contributed by atoms with Crippen LogP contribution in [-0.2, 0) is 13.2 Å². The predicted octanol–water partition coefficient (Wildman–Crippen LogP) is 7.48. The molecule has 0 atom stereocenters. The van der Waals surface area contributed by atoms with Gasteiger partial charge in [-0.2, -0.15) is 11.3 Å². The van der Waals surface area contributed by atoms with Crippen molar-refractivity contribution in [3.8, 4) is 28.0 Å². The molecule has 2 heterocycles. The summed E-state index contributed by atoms with van der Waals surface area (Å²) in [5.41, 5.74) is 2.60. The van der Waals surface area contributed by atoms with Gasteiger partial charge in [-0.05, 0) is 80.0 Å². The van der Waals surface area contributed by atoms with Gasteiger partial charge in [-0.1, -0.05) is 37.0 Å². The molecular formula is C27H31NOS2. The summed E-state index contributed by atoms with van der Waals surface area (Å²) in [5.74, 6) is 7.30. The molecule has 0 saturated carbocycles. The fraction of sp³-hybridized carbons (Fsp3) is 0.333. The molecule has 31 heavy (non-hydrogen) atoms. The molecule has 0 bridgehead atoms. The minimum atomic E-state index is 0.0454. The van der Waals surface area contributed by atoms with Crippen LogP contribution >= 0.6 is 22.7 Å². The van der Waals surface area contributed by atoms with Crippen LogP contribution in [0.15, 0.2) is 65.4 Å². The second-order valence-electron chi connectivity index (χ2n) is 8.46. The molecule has 0 radical (unpaired) electrons. The fourth-order valence-electron chi connectivity index (χ4n) is 2.99. The number of hydrogen-bond donors (Lipinski definition) is 0. The smallest absolute Gasteiger partial charge is 0.122 e. The van der Waals surface area contributed by atoms with Crippen molar-refractivity contribution in [1.29, 1.82) is 0 Å². The van der Waals surface area contributed by atoms with E-state index in [0.29, 0.717) is 6.61 Å². The molecule has 0 fully saturated rings. The second kappa shape index (κ2) is 11.3. The van der Waals surface area contributed by atoms with Crippen LogP contribution in [0.1, 0.15) is 38.1 Å². The number of allylic oxidation sites excluding steroid dienone is 1. The van der Waals surface area contributed by atoms with Gasteiger partial charge in [-0.15, -0.1) is 11.3 Å². The molecule has 4 heteroatoms. The van der Waals surface area contributed by atoms with Crippen LogP contribution < -0.4 is 4.74 Å². The Morgan fingerprint density at radius 2 is 2.00 bits per heavy atom. The van der Waals surface area contributed by atoms with Gasteiger partial charge < -0.3 is 4.74 Å². The van der Waals surface area contributed by atoms with Crippen LogP contribution in [-0.4, -0.2) is 18.0 Å². The lowest BCUT2D eigenvalue weighted by atomic mass is 9.98. The first-order chi connectivity index (χ1) is 14.9. The van der Waals surface area contributed by atoms with E-state index in [1.807, 2.05) is 12.1 Å². The van der Waals surface area contributed by atoms with E-state index in [4.69, 9.17) is 4.74 Å². The maximum atomic E-state index is 6.09. The van der Waals surface area contributed by atoms with Gasteiger partial charge in [0, 0.05) is 33.8 Å². The van der Waals surface area contributed by atoms with Crippen LogP contribution in [0.4, 0.5) is 0 Å². The van der Waals surface area contributed by atoms with Crippen LogP contribution in [0.5, 0.6) is 5.75 Å². The van der Waals surface area contributed by atoms with Gasteiger partial charge in [0.2, 0.25) is 0 Å². The summed E-state index contributed by atoms with van der Waals surface area (Å²) < 4.78 is 6.09. The zero-order valence-electron chi connectivity index (χ0n) is 18.9. The van der Waals surface area contributed by atoms with Crippen molar-refractivity contribution < 1.29 is 4.74 Å². The summed E-state index contributed by atoms with van der Waals surface area (Å²) in [4.78, 5) is 4.93. The van der Waals surface area contributed by atoms with Gasteiger partial charge in [0.15, 0.2) is 0 Å². The van der Waals surface area contributed by atoms with E-state index in [0.717, 1.165) is 25.4 Å². The Labute approximate surface area is 195 Å². The summed E-state index contributed by atoms with van der Waals surface area (Å²) in [6, 6.07) is 14.9. The van der Waals surface area contributed by atoms with Crippen LogP contribution in [0.2, 0.25) is 0 Å². The van der Waals surface area contributed by atoms with Crippen molar-refractivity contribution >= 4 is 22.7 Å². The lowest BCUT2D eigenvalue weighted by molar-refractivity contribution is 0.301. The highest BCUT2D eigenvalue weighted by Crippen LogP contribution is 2.30. The van der Waals surface area contributed by atoms with Gasteiger partial charge in [-0.3, -0.25) is 4.90 Å². The zero-order valence-corrected chi connectivity index (χ0v) is 20.5. The Morgan fingerprint density at radius 1 is 1.13 bits per heavy atom. The maximum Gasteiger partial charge on any atom is 0.122 e. The molecule has 0 unspecified atom stereocenters. The Morgan fingerprint density at radius 3 is 2.74 bits per heavy atom. The van der Waals surface area contributed by atoms with Gasteiger partial charge >= 0.3 is 0 Å². The molecule has 162 valence electrons. The Balaban J connectivity index is 1.53. The van der Waals surface area contributed by atoms with E-state index in [1.54, 1.807) is 22.7 Å². The van der Waals surface area contributed by atoms with Crippen molar-refractivity contribution in [2.45, 2.75) is 40.8 Å². The molecule has 0 amide bonds. The summed E-state index contributed by atoms with van der Waals surface area (Å²) in [6.45, 7) is 11.9. The molecule has 2 aromatic heterocycles. The van der Waals surface area contributed by atoms with E-state index in [-0.39, 0.29) is 5.41 Å². The first-order valence-corrected chi connectivity index (χ1v) is 12.4. The molecule has 1 aromatic carbocycles. The average molecular weight is 450 g/mol. The maximum absolute atomic E-state index is 6.09. The molecule has 0 saturated heterocycles. The van der Waals surface area contributed by atoms with E-state index in [1.165, 1.54) is 20.9 Å². The molecule has 2 nitrogen and oxygen atoms in total. The molecule has 3 rings (SSSR count). The highest BCUT2D eigenvalue weighted by molar-refractivity contribution is 7.16. The van der Waals surface area contributed by atoms with E-state index in [9.17, 15) is 0 Å². The molecule has 0 aliphatic heterocycles. The van der Waals surface area contributed by atoms with Crippen molar-refractivity contribution in [2.75, 3.05) is 13.1 Å². The summed E-state index contributed by atoms with van der Waals surface area (Å²) in [6.07, 6.45) is 4.11. The van der Waals surface area contributed by atoms with Crippen LogP contribution in [0.25, 0.3) is 10.4 Å². The van der Waals surface area contributed by atoms with Crippen LogP contribution in [0, 0.1) is 17.3 Å². The van der Waals surface area contributed by atoms with E-state index in [2.05, 4.69) is 97.7 Å². The Bertz CT molecular complexity index is 1030. The molecule has 0 aliphatic rings. The first kappa shape index (κ1) is 23.3. The third kappa shape index (κ3) is 8.03. The third-order valence-corrected chi connectivity index (χ3v) is 6.40. The summed E-state index contributed by atoms with van der Waals surface area (Å²) in [7, 11) is 0. The standard InChI is InChI=1S/C27H31NOS2/c1-5-28(16-8-6-7-15-27(2,3)4)19-22-10-9-11-24(18-22)29-20-25-12-13-26(31-25)23-14-17-30-21-23/h6,8-14,17-18,21H,5,16,19-20H2,1-4H3. The minimum Gasteiger partial charge on any atom is -0.488 e. The molecule has 0 N–H and O–H groups in total. The third-order valence-electron chi connectivity index (χ3n) is 4.61. The number of ether oxygens (including phenoxy) is 1. The SMILES string of the molecule is CCN(CC=CC#CC(C)(C)C)Cc1cccc(OCc2ccc(-c3ccsc3)s2)c1. The lowest BCUT2D eigenvalue weighted by Crippen LogP contribution is -2.22. The summed E-state index contributed by atoms with van der Waals surface area (Å²) >= 11 is 3.53. The normalized spacial score (nSPS) is 11.6. The van der Waals surface area contributed by atoms with Crippen molar-refractivity contribution in [2.24, 2.45) is 5.41 Å². The lowest BCUT2D eigenvalue weighted by Gasteiger charge is -2.18. The van der Waals surface area contributed by atoms with Gasteiger partial charge in [0.25, 0.3) is 0 Å². The molecule has 0 spiro atoms. The van der Waals surface area contributed by atoms with Gasteiger partial charge in [0.05, 0.1) is 0 Å². The molecule has 3 aromatic rings. The molecular weight excluding hydrogens is 418 g/mol. The summed E-state index contributed by atoms with van der Waals surface area (Å²) in [5, 5.41) is 4.30. The largest absolute Gasteiger partial charge is 0.488 e. The fourth-order valence-corrected chi connectivity index (χ4v) is 4.63. The van der Waals surface area contributed by atoms with Crippen molar-refractivity contribution in [3.05, 3.63) is 75.8 Å². The quantitative estimate of drug-likeness (QED) is 0.314. The first-order valence-electron chi connectivity index (χ1n) is 10.7. The Hall–Kier alpha value is -2.32. The topological polar surface area (TPSA) is 12.5 Å². The molecule has 0 aliphatic carbocycles. The number of rotatable bonds is 9. The van der Waals surface area contributed by atoms with Gasteiger partial charge in [-0.25, -0.2) is 0 Å². The van der Waals surface area contributed by atoms with Crippen molar-refractivity contribution in [1.82, 2.24) is 4.90 Å². The van der Waals surface area contributed by atoms with Gasteiger partial charge in [0.1, 0.15) is 12.4 Å². The number of benzene rings is 1. The minimum absolute atomic E-state index is 0.0454. The second-order valence-corrected chi connectivity index (χ2v) is 10.4. The number of hydrogen-bond acceptors (Lipinski definition) is 4. The number of likely N-dealkylation sites (N-methyl/N-ethyl adjacent to an activating group) is 1. The average Bonchev–Trinajstić information content (AvgIpc) is 3.42. The number of thiophene rings is 2. The highest BCUT2D eigenvalue weighted by Gasteiger charge is 2.06. The van der Waals surface area contributed by atoms with E-state index >= 15 is 0 Å². The zero-order chi connectivity index (χ0) is 22.1. The Kier molecular flexibility index (Phi) is 8.54. The monoisotopic (exact) mass is 449 g/mol.